The SMILES string of the molecule is CCCCCNC(=O)c1ccccc1CCCC. The van der Waals surface area contributed by atoms with Gasteiger partial charge in [-0.05, 0) is 30.9 Å². The second kappa shape index (κ2) is 8.73. The van der Waals surface area contributed by atoms with Crippen molar-refractivity contribution in [1.29, 1.82) is 0 Å². The minimum atomic E-state index is 0.0813. The summed E-state index contributed by atoms with van der Waals surface area (Å²) < 4.78 is 0. The Morgan fingerprint density at radius 2 is 1.78 bits per heavy atom. The topological polar surface area (TPSA) is 29.1 Å². The van der Waals surface area contributed by atoms with Crippen LogP contribution in [0.15, 0.2) is 24.3 Å². The van der Waals surface area contributed by atoms with Crippen molar-refractivity contribution < 1.29 is 4.79 Å². The first-order valence-corrected chi connectivity index (χ1v) is 7.15. The van der Waals surface area contributed by atoms with E-state index in [1.807, 2.05) is 18.2 Å². The Balaban J connectivity index is 2.55. The van der Waals surface area contributed by atoms with E-state index in [1.165, 1.54) is 18.4 Å². The van der Waals surface area contributed by atoms with Crippen LogP contribution in [0.3, 0.4) is 0 Å². The van der Waals surface area contributed by atoms with Gasteiger partial charge in [0.25, 0.3) is 5.91 Å². The molecule has 0 unspecified atom stereocenters. The summed E-state index contributed by atoms with van der Waals surface area (Å²) in [5.74, 6) is 0.0813. The summed E-state index contributed by atoms with van der Waals surface area (Å²) in [6, 6.07) is 7.95. The number of aryl methyl sites for hydroxylation is 1. The minimum absolute atomic E-state index is 0.0813. The molecule has 0 saturated heterocycles. The van der Waals surface area contributed by atoms with Crippen molar-refractivity contribution in [3.05, 3.63) is 35.4 Å². The van der Waals surface area contributed by atoms with E-state index in [4.69, 9.17) is 0 Å². The third-order valence-corrected chi connectivity index (χ3v) is 3.13. The Morgan fingerprint density at radius 1 is 1.06 bits per heavy atom. The molecule has 0 spiro atoms. The van der Waals surface area contributed by atoms with Crippen molar-refractivity contribution in [2.75, 3.05) is 6.54 Å². The largest absolute Gasteiger partial charge is 0.352 e. The van der Waals surface area contributed by atoms with Gasteiger partial charge in [0.1, 0.15) is 0 Å². The van der Waals surface area contributed by atoms with Gasteiger partial charge in [-0.1, -0.05) is 51.3 Å². The molecule has 0 saturated carbocycles. The number of carbonyl (C=O) groups excluding carboxylic acids is 1. The van der Waals surface area contributed by atoms with Crippen molar-refractivity contribution in [3.63, 3.8) is 0 Å². The highest BCUT2D eigenvalue weighted by Gasteiger charge is 2.09. The van der Waals surface area contributed by atoms with Gasteiger partial charge in [0.15, 0.2) is 0 Å². The highest BCUT2D eigenvalue weighted by atomic mass is 16.1. The molecule has 1 aromatic carbocycles. The Kier molecular flexibility index (Phi) is 7.16. The quantitative estimate of drug-likeness (QED) is 0.692. The smallest absolute Gasteiger partial charge is 0.251 e. The zero-order valence-electron chi connectivity index (χ0n) is 11.7. The van der Waals surface area contributed by atoms with Crippen molar-refractivity contribution in [3.8, 4) is 0 Å². The highest BCUT2D eigenvalue weighted by Crippen LogP contribution is 2.12. The zero-order chi connectivity index (χ0) is 13.2. The van der Waals surface area contributed by atoms with Crippen molar-refractivity contribution >= 4 is 5.91 Å². The Labute approximate surface area is 111 Å². The van der Waals surface area contributed by atoms with Crippen LogP contribution in [0.2, 0.25) is 0 Å². The summed E-state index contributed by atoms with van der Waals surface area (Å²) in [6.45, 7) is 5.13. The lowest BCUT2D eigenvalue weighted by Crippen LogP contribution is -2.25. The molecule has 0 aliphatic heterocycles. The van der Waals surface area contributed by atoms with E-state index < -0.39 is 0 Å². The monoisotopic (exact) mass is 247 g/mol. The fraction of sp³-hybridized carbons (Fsp3) is 0.562. The summed E-state index contributed by atoms with van der Waals surface area (Å²) in [5, 5.41) is 3.01. The molecule has 0 aliphatic rings. The maximum Gasteiger partial charge on any atom is 0.251 e. The average molecular weight is 247 g/mol. The molecule has 0 aliphatic carbocycles. The van der Waals surface area contributed by atoms with Crippen LogP contribution in [0, 0.1) is 0 Å². The number of carbonyl (C=O) groups is 1. The molecule has 1 aromatic rings. The molecule has 2 heteroatoms. The summed E-state index contributed by atoms with van der Waals surface area (Å²) in [7, 11) is 0. The molecule has 18 heavy (non-hydrogen) atoms. The number of unbranched alkanes of at least 4 members (excludes halogenated alkanes) is 3. The average Bonchev–Trinajstić information content (AvgIpc) is 2.41. The van der Waals surface area contributed by atoms with Gasteiger partial charge in [-0.2, -0.15) is 0 Å². The molecule has 0 radical (unpaired) electrons. The fourth-order valence-corrected chi connectivity index (χ4v) is 2.00. The van der Waals surface area contributed by atoms with Crippen molar-refractivity contribution in [2.24, 2.45) is 0 Å². The number of amides is 1. The van der Waals surface area contributed by atoms with Gasteiger partial charge in [0.05, 0.1) is 0 Å². The maximum atomic E-state index is 12.1. The van der Waals surface area contributed by atoms with Crippen molar-refractivity contribution in [2.45, 2.75) is 52.4 Å². The van der Waals surface area contributed by atoms with Crippen LogP contribution < -0.4 is 5.32 Å². The number of hydrogen-bond acceptors (Lipinski definition) is 1. The van der Waals surface area contributed by atoms with Gasteiger partial charge in [0, 0.05) is 12.1 Å². The number of nitrogens with one attached hydrogen (secondary N) is 1. The Bertz CT molecular complexity index is 360. The lowest BCUT2D eigenvalue weighted by Gasteiger charge is -2.09. The number of hydrogen-bond donors (Lipinski definition) is 1. The van der Waals surface area contributed by atoms with Crippen LogP contribution in [0.1, 0.15) is 61.9 Å². The molecule has 0 aromatic heterocycles. The molecule has 0 heterocycles. The van der Waals surface area contributed by atoms with Crippen LogP contribution >= 0.6 is 0 Å². The van der Waals surface area contributed by atoms with E-state index in [0.29, 0.717) is 0 Å². The Morgan fingerprint density at radius 3 is 2.50 bits per heavy atom. The van der Waals surface area contributed by atoms with Crippen LogP contribution in [-0.2, 0) is 6.42 Å². The lowest BCUT2D eigenvalue weighted by molar-refractivity contribution is 0.0952. The first-order valence-electron chi connectivity index (χ1n) is 7.15. The molecule has 100 valence electrons. The molecular formula is C16H25NO. The zero-order valence-corrected chi connectivity index (χ0v) is 11.7. The summed E-state index contributed by atoms with van der Waals surface area (Å²) in [5.41, 5.74) is 2.02. The predicted octanol–water partition coefficient (Wildman–Crippen LogP) is 3.95. The summed E-state index contributed by atoms with van der Waals surface area (Å²) in [4.78, 5) is 12.1. The maximum absolute atomic E-state index is 12.1. The van der Waals surface area contributed by atoms with E-state index in [-0.39, 0.29) is 5.91 Å². The third-order valence-electron chi connectivity index (χ3n) is 3.13. The van der Waals surface area contributed by atoms with Gasteiger partial charge in [0.2, 0.25) is 0 Å². The molecule has 0 atom stereocenters. The summed E-state index contributed by atoms with van der Waals surface area (Å²) in [6.07, 6.45) is 6.72. The molecule has 1 rings (SSSR count). The van der Waals surface area contributed by atoms with E-state index in [9.17, 15) is 4.79 Å². The van der Waals surface area contributed by atoms with Crippen LogP contribution in [0.4, 0.5) is 0 Å². The van der Waals surface area contributed by atoms with Gasteiger partial charge in [-0.15, -0.1) is 0 Å². The van der Waals surface area contributed by atoms with E-state index in [0.717, 1.165) is 37.8 Å². The molecule has 2 nitrogen and oxygen atoms in total. The Hall–Kier alpha value is -1.31. The third kappa shape index (κ3) is 4.91. The minimum Gasteiger partial charge on any atom is -0.352 e. The second-order valence-corrected chi connectivity index (χ2v) is 4.72. The van der Waals surface area contributed by atoms with Gasteiger partial charge in [-0.25, -0.2) is 0 Å². The standard InChI is InChI=1S/C16H25NO/c1-3-5-9-13-17-16(18)15-12-8-7-11-14(15)10-6-4-2/h7-8,11-12H,3-6,9-10,13H2,1-2H3,(H,17,18). The first kappa shape index (κ1) is 14.7. The summed E-state index contributed by atoms with van der Waals surface area (Å²) >= 11 is 0. The predicted molar refractivity (Wildman–Crippen MR) is 76.9 cm³/mol. The molecule has 1 N–H and O–H groups in total. The van der Waals surface area contributed by atoms with Crippen LogP contribution in [0.25, 0.3) is 0 Å². The molecular weight excluding hydrogens is 222 g/mol. The first-order chi connectivity index (χ1) is 8.79. The van der Waals surface area contributed by atoms with Gasteiger partial charge < -0.3 is 5.32 Å². The number of benzene rings is 1. The van der Waals surface area contributed by atoms with E-state index >= 15 is 0 Å². The number of rotatable bonds is 8. The van der Waals surface area contributed by atoms with Gasteiger partial charge in [-0.3, -0.25) is 4.79 Å². The van der Waals surface area contributed by atoms with Crippen LogP contribution in [-0.4, -0.2) is 12.5 Å². The molecule has 1 amide bonds. The van der Waals surface area contributed by atoms with E-state index in [1.54, 1.807) is 0 Å². The normalized spacial score (nSPS) is 10.3. The van der Waals surface area contributed by atoms with E-state index in [2.05, 4.69) is 25.2 Å². The second-order valence-electron chi connectivity index (χ2n) is 4.72. The van der Waals surface area contributed by atoms with Crippen LogP contribution in [0.5, 0.6) is 0 Å². The fourth-order valence-electron chi connectivity index (χ4n) is 2.00. The lowest BCUT2D eigenvalue weighted by atomic mass is 10.0. The van der Waals surface area contributed by atoms with Crippen molar-refractivity contribution in [1.82, 2.24) is 5.32 Å². The van der Waals surface area contributed by atoms with Gasteiger partial charge >= 0.3 is 0 Å². The highest BCUT2D eigenvalue weighted by molar-refractivity contribution is 5.95. The molecule has 0 bridgehead atoms. The molecule has 0 fully saturated rings.